The van der Waals surface area contributed by atoms with E-state index in [1.54, 1.807) is 23.1 Å². The summed E-state index contributed by atoms with van der Waals surface area (Å²) in [5, 5.41) is 10.1. The fourth-order valence-electron chi connectivity index (χ4n) is 3.56. The standard InChI is InChI=1S/C20H16ClF3N4O5S/c21-14-2-1-3-15-18(14)25-10-17(26-15)27-8-9-28(16(11-27)19(29)30)34(31,32)13-6-4-12(5-7-13)33-20(22,23)24/h1-7,10,16H,8-9,11H2,(H,29,30)/t16-/m1/s1. The highest BCUT2D eigenvalue weighted by Crippen LogP contribution is 2.28. The minimum atomic E-state index is -4.93. The molecule has 0 spiro atoms. The monoisotopic (exact) mass is 516 g/mol. The third-order valence-electron chi connectivity index (χ3n) is 5.11. The molecule has 9 nitrogen and oxygen atoms in total. The second-order valence-electron chi connectivity index (χ2n) is 7.27. The lowest BCUT2D eigenvalue weighted by atomic mass is 10.2. The number of aromatic nitrogens is 2. The number of aliphatic carboxylic acids is 1. The molecule has 1 atom stereocenters. The van der Waals surface area contributed by atoms with Crippen LogP contribution in [0.15, 0.2) is 53.6 Å². The van der Waals surface area contributed by atoms with E-state index in [-0.39, 0.29) is 24.5 Å². The van der Waals surface area contributed by atoms with Crippen LogP contribution in [0, 0.1) is 0 Å². The van der Waals surface area contributed by atoms with E-state index >= 15 is 0 Å². The van der Waals surface area contributed by atoms with E-state index in [9.17, 15) is 31.5 Å². The lowest BCUT2D eigenvalue weighted by molar-refractivity contribution is -0.274. The Morgan fingerprint density at radius 3 is 2.50 bits per heavy atom. The van der Waals surface area contributed by atoms with Crippen molar-refractivity contribution in [3.8, 4) is 5.75 Å². The van der Waals surface area contributed by atoms with Crippen molar-refractivity contribution in [3.05, 3.63) is 53.7 Å². The van der Waals surface area contributed by atoms with Crippen molar-refractivity contribution in [2.45, 2.75) is 17.3 Å². The van der Waals surface area contributed by atoms with Crippen molar-refractivity contribution < 1.29 is 36.2 Å². The van der Waals surface area contributed by atoms with Crippen molar-refractivity contribution >= 4 is 44.4 Å². The zero-order valence-corrected chi connectivity index (χ0v) is 18.7. The van der Waals surface area contributed by atoms with Crippen LogP contribution in [0.5, 0.6) is 5.75 Å². The quantitative estimate of drug-likeness (QED) is 0.550. The average Bonchev–Trinajstić information content (AvgIpc) is 2.78. The van der Waals surface area contributed by atoms with E-state index in [0.29, 0.717) is 21.9 Å². The molecule has 0 unspecified atom stereocenters. The minimum absolute atomic E-state index is 0.110. The van der Waals surface area contributed by atoms with Crippen LogP contribution in [0.25, 0.3) is 11.0 Å². The number of sulfonamides is 1. The van der Waals surface area contributed by atoms with Crippen molar-refractivity contribution in [2.75, 3.05) is 24.5 Å². The minimum Gasteiger partial charge on any atom is -0.480 e. The van der Waals surface area contributed by atoms with Crippen LogP contribution in [0.4, 0.5) is 19.0 Å². The van der Waals surface area contributed by atoms with Gasteiger partial charge in [0.2, 0.25) is 10.0 Å². The zero-order valence-electron chi connectivity index (χ0n) is 17.1. The third-order valence-corrected chi connectivity index (χ3v) is 7.34. The number of ether oxygens (including phenoxy) is 1. The van der Waals surface area contributed by atoms with Crippen LogP contribution in [-0.4, -0.2) is 65.8 Å². The van der Waals surface area contributed by atoms with Gasteiger partial charge < -0.3 is 14.7 Å². The number of piperazine rings is 1. The fourth-order valence-corrected chi connectivity index (χ4v) is 5.34. The lowest BCUT2D eigenvalue weighted by Gasteiger charge is -2.38. The van der Waals surface area contributed by atoms with Gasteiger partial charge in [-0.25, -0.2) is 18.4 Å². The van der Waals surface area contributed by atoms with Gasteiger partial charge in [0.05, 0.1) is 21.6 Å². The Labute approximate surface area is 196 Å². The summed E-state index contributed by atoms with van der Waals surface area (Å²) in [7, 11) is -4.33. The van der Waals surface area contributed by atoms with Gasteiger partial charge in [-0.1, -0.05) is 17.7 Å². The van der Waals surface area contributed by atoms with Gasteiger partial charge in [-0.15, -0.1) is 13.2 Å². The van der Waals surface area contributed by atoms with Gasteiger partial charge in [0, 0.05) is 19.6 Å². The Morgan fingerprint density at radius 2 is 1.85 bits per heavy atom. The van der Waals surface area contributed by atoms with Gasteiger partial charge in [-0.3, -0.25) is 4.79 Å². The number of hydrogen-bond donors (Lipinski definition) is 1. The molecule has 3 aromatic rings. The molecule has 180 valence electrons. The van der Waals surface area contributed by atoms with E-state index in [2.05, 4.69) is 14.7 Å². The molecule has 0 radical (unpaired) electrons. The molecule has 1 saturated heterocycles. The molecule has 2 aromatic carbocycles. The molecule has 1 fully saturated rings. The summed E-state index contributed by atoms with van der Waals surface area (Å²) in [5.41, 5.74) is 0.968. The number of alkyl halides is 3. The number of anilines is 1. The van der Waals surface area contributed by atoms with Crippen LogP contribution in [0.3, 0.4) is 0 Å². The molecule has 1 aliphatic heterocycles. The SMILES string of the molecule is O=C(O)[C@H]1CN(c2cnc3c(Cl)cccc3n2)CCN1S(=O)(=O)c1ccc(OC(F)(F)F)cc1. The van der Waals surface area contributed by atoms with E-state index in [4.69, 9.17) is 11.6 Å². The molecule has 1 N–H and O–H groups in total. The van der Waals surface area contributed by atoms with Gasteiger partial charge in [0.25, 0.3) is 0 Å². The Morgan fingerprint density at radius 1 is 1.15 bits per heavy atom. The molecule has 4 rings (SSSR count). The molecular weight excluding hydrogens is 501 g/mol. The maximum atomic E-state index is 13.1. The molecule has 1 aliphatic rings. The predicted octanol–water partition coefficient (Wildman–Crippen LogP) is 3.15. The number of carbonyl (C=O) groups is 1. The fraction of sp³-hybridized carbons (Fsp3) is 0.250. The van der Waals surface area contributed by atoms with Gasteiger partial charge in [-0.05, 0) is 36.4 Å². The van der Waals surface area contributed by atoms with Crippen molar-refractivity contribution in [2.24, 2.45) is 0 Å². The summed E-state index contributed by atoms with van der Waals surface area (Å²) in [6.45, 7) is -0.307. The smallest absolute Gasteiger partial charge is 0.480 e. The number of halogens is 4. The Kier molecular flexibility index (Phi) is 6.27. The highest BCUT2D eigenvalue weighted by Gasteiger charge is 2.41. The van der Waals surface area contributed by atoms with Crippen molar-refractivity contribution in [1.82, 2.24) is 14.3 Å². The van der Waals surface area contributed by atoms with Gasteiger partial charge in [-0.2, -0.15) is 4.31 Å². The van der Waals surface area contributed by atoms with Gasteiger partial charge in [0.15, 0.2) is 0 Å². The summed E-state index contributed by atoms with van der Waals surface area (Å²) < 4.78 is 67.8. The summed E-state index contributed by atoms with van der Waals surface area (Å²) in [6.07, 6.45) is -3.50. The summed E-state index contributed by atoms with van der Waals surface area (Å²) >= 11 is 6.10. The molecule has 0 amide bonds. The highest BCUT2D eigenvalue weighted by atomic mass is 35.5. The van der Waals surface area contributed by atoms with Crippen LogP contribution < -0.4 is 9.64 Å². The van der Waals surface area contributed by atoms with E-state index in [1.165, 1.54) is 6.20 Å². The maximum Gasteiger partial charge on any atom is 0.573 e. The zero-order chi connectivity index (χ0) is 24.7. The van der Waals surface area contributed by atoms with Gasteiger partial charge in [0.1, 0.15) is 23.1 Å². The van der Waals surface area contributed by atoms with Crippen molar-refractivity contribution in [1.29, 1.82) is 0 Å². The first-order valence-corrected chi connectivity index (χ1v) is 11.5. The van der Waals surface area contributed by atoms with Crippen LogP contribution in [0.1, 0.15) is 0 Å². The lowest BCUT2D eigenvalue weighted by Crippen LogP contribution is -2.58. The molecule has 2 heterocycles. The topological polar surface area (TPSA) is 113 Å². The molecule has 14 heteroatoms. The number of carboxylic acids is 1. The molecule has 34 heavy (non-hydrogen) atoms. The number of carboxylic acid groups (broad SMARTS) is 1. The second kappa shape index (κ2) is 8.89. The van der Waals surface area contributed by atoms with E-state index < -0.39 is 34.1 Å². The average molecular weight is 517 g/mol. The Balaban J connectivity index is 1.58. The summed E-state index contributed by atoms with van der Waals surface area (Å²) in [6, 6.07) is 7.13. The molecule has 0 bridgehead atoms. The van der Waals surface area contributed by atoms with E-state index in [0.717, 1.165) is 28.6 Å². The summed E-state index contributed by atoms with van der Waals surface area (Å²) in [4.78, 5) is 21.9. The maximum absolute atomic E-state index is 13.1. The number of para-hydroxylation sites is 1. The molecular formula is C20H16ClF3N4O5S. The van der Waals surface area contributed by atoms with Crippen molar-refractivity contribution in [3.63, 3.8) is 0 Å². The second-order valence-corrected chi connectivity index (χ2v) is 9.57. The van der Waals surface area contributed by atoms with E-state index in [1.807, 2.05) is 0 Å². The third kappa shape index (κ3) is 4.86. The number of rotatable bonds is 5. The molecule has 0 aliphatic carbocycles. The normalized spacial score (nSPS) is 17.6. The van der Waals surface area contributed by atoms with Crippen LogP contribution in [-0.2, 0) is 14.8 Å². The number of hydrogen-bond acceptors (Lipinski definition) is 7. The molecule has 0 saturated carbocycles. The molecule has 1 aromatic heterocycles. The highest BCUT2D eigenvalue weighted by molar-refractivity contribution is 7.89. The Hall–Kier alpha value is -3.16. The Bertz CT molecular complexity index is 1340. The first-order valence-electron chi connectivity index (χ1n) is 9.72. The predicted molar refractivity (Wildman–Crippen MR) is 115 cm³/mol. The number of fused-ring (bicyclic) bond motifs is 1. The van der Waals surface area contributed by atoms with Crippen LogP contribution >= 0.6 is 11.6 Å². The summed E-state index contributed by atoms with van der Waals surface area (Å²) in [5.74, 6) is -1.63. The largest absolute Gasteiger partial charge is 0.573 e. The van der Waals surface area contributed by atoms with Gasteiger partial charge >= 0.3 is 12.3 Å². The first-order chi connectivity index (χ1) is 16.0. The first kappa shape index (κ1) is 24.0. The van der Waals surface area contributed by atoms with Crippen LogP contribution in [0.2, 0.25) is 5.02 Å². The number of nitrogens with zero attached hydrogens (tertiary/aromatic N) is 4. The number of benzene rings is 2.